The van der Waals surface area contributed by atoms with Crippen molar-refractivity contribution in [2.24, 2.45) is 0 Å². The summed E-state index contributed by atoms with van der Waals surface area (Å²) in [5.74, 6) is -1.34. The number of nitrogens with one attached hydrogen (secondary N) is 1. The molecule has 5 heteroatoms. The summed E-state index contributed by atoms with van der Waals surface area (Å²) >= 11 is 0. The van der Waals surface area contributed by atoms with E-state index in [4.69, 9.17) is 4.74 Å². The number of ether oxygens (including phenoxy) is 1. The lowest BCUT2D eigenvalue weighted by Gasteiger charge is -2.14. The first-order chi connectivity index (χ1) is 10.4. The van der Waals surface area contributed by atoms with Crippen LogP contribution in [0.4, 0.5) is 0 Å². The second-order valence-corrected chi connectivity index (χ2v) is 5.35. The summed E-state index contributed by atoms with van der Waals surface area (Å²) in [6.07, 6.45) is 2.22. The van der Waals surface area contributed by atoms with Crippen LogP contribution in [0.3, 0.4) is 0 Å². The summed E-state index contributed by atoms with van der Waals surface area (Å²) in [5.41, 5.74) is 2.79. The minimum atomic E-state index is -1.03. The highest BCUT2D eigenvalue weighted by Crippen LogP contribution is 2.11. The molecule has 1 atom stereocenters. The molecule has 0 aliphatic heterocycles. The van der Waals surface area contributed by atoms with E-state index in [1.54, 1.807) is 13.2 Å². The molecule has 0 fully saturated rings. The molecule has 0 bridgehead atoms. The molecule has 120 valence electrons. The molecule has 22 heavy (non-hydrogen) atoms. The van der Waals surface area contributed by atoms with Gasteiger partial charge in [0, 0.05) is 7.11 Å². The fraction of sp³-hybridized carbons (Fsp3) is 0.412. The van der Waals surface area contributed by atoms with Gasteiger partial charge in [-0.1, -0.05) is 35.9 Å². The van der Waals surface area contributed by atoms with Crippen LogP contribution < -0.4 is 5.32 Å². The fourth-order valence-electron chi connectivity index (χ4n) is 2.02. The average Bonchev–Trinajstić information content (AvgIpc) is 2.45. The Balaban J connectivity index is 2.71. The predicted molar refractivity (Wildman–Crippen MR) is 84.5 cm³/mol. The highest BCUT2D eigenvalue weighted by atomic mass is 16.5. The van der Waals surface area contributed by atoms with Gasteiger partial charge in [0.1, 0.15) is 6.04 Å². The summed E-state index contributed by atoms with van der Waals surface area (Å²) in [5, 5.41) is 11.7. The molecule has 0 heterocycles. The summed E-state index contributed by atoms with van der Waals surface area (Å²) in [6.45, 7) is 4.20. The van der Waals surface area contributed by atoms with E-state index in [1.165, 1.54) is 0 Å². The normalized spacial score (nSPS) is 11.6. The van der Waals surface area contributed by atoms with Gasteiger partial charge in [-0.25, -0.2) is 4.79 Å². The Hall–Kier alpha value is -2.14. The van der Waals surface area contributed by atoms with E-state index in [1.807, 2.05) is 38.1 Å². The van der Waals surface area contributed by atoms with E-state index in [0.29, 0.717) is 6.61 Å². The fourth-order valence-corrected chi connectivity index (χ4v) is 2.02. The van der Waals surface area contributed by atoms with Crippen molar-refractivity contribution < 1.29 is 19.4 Å². The molecule has 2 N–H and O–H groups in total. The van der Waals surface area contributed by atoms with Crippen molar-refractivity contribution in [2.75, 3.05) is 7.11 Å². The maximum absolute atomic E-state index is 12.1. The van der Waals surface area contributed by atoms with Crippen molar-refractivity contribution in [3.05, 3.63) is 47.0 Å². The van der Waals surface area contributed by atoms with Crippen LogP contribution in [0, 0.1) is 0 Å². The van der Waals surface area contributed by atoms with Crippen LogP contribution in [0.1, 0.15) is 31.4 Å². The molecule has 0 aromatic heterocycles. The van der Waals surface area contributed by atoms with Crippen LogP contribution in [0.25, 0.3) is 0 Å². The third kappa shape index (κ3) is 6.10. The van der Waals surface area contributed by atoms with Gasteiger partial charge in [-0.3, -0.25) is 4.79 Å². The van der Waals surface area contributed by atoms with Crippen LogP contribution in [0.2, 0.25) is 0 Å². The third-order valence-corrected chi connectivity index (χ3v) is 3.16. The number of rotatable bonds is 8. The van der Waals surface area contributed by atoms with Crippen LogP contribution in [-0.4, -0.2) is 30.1 Å². The van der Waals surface area contributed by atoms with Gasteiger partial charge in [0.25, 0.3) is 0 Å². The maximum Gasteiger partial charge on any atom is 0.326 e. The highest BCUT2D eigenvalue weighted by Gasteiger charge is 2.19. The first kappa shape index (κ1) is 17.9. The molecule has 1 amide bonds. The molecule has 0 radical (unpaired) electrons. The van der Waals surface area contributed by atoms with E-state index < -0.39 is 12.0 Å². The topological polar surface area (TPSA) is 75.6 Å². The highest BCUT2D eigenvalue weighted by molar-refractivity contribution is 5.85. The van der Waals surface area contributed by atoms with Crippen LogP contribution in [0.15, 0.2) is 35.9 Å². The molecule has 0 aliphatic rings. The Bertz CT molecular complexity index is 547. The molecule has 5 nitrogen and oxygen atoms in total. The summed E-state index contributed by atoms with van der Waals surface area (Å²) in [7, 11) is 1.59. The number of carboxylic acid groups (broad SMARTS) is 1. The first-order valence-electron chi connectivity index (χ1n) is 7.15. The lowest BCUT2D eigenvalue weighted by atomic mass is 10.0. The molecular formula is C17H23NO4. The molecule has 1 unspecified atom stereocenters. The number of carbonyl (C=O) groups is 2. The van der Waals surface area contributed by atoms with Crippen molar-refractivity contribution in [1.82, 2.24) is 5.32 Å². The second-order valence-electron chi connectivity index (χ2n) is 5.35. The van der Waals surface area contributed by atoms with Crippen LogP contribution >= 0.6 is 0 Å². The second kappa shape index (κ2) is 9.00. The monoisotopic (exact) mass is 305 g/mol. The number of carboxylic acids is 1. The van der Waals surface area contributed by atoms with Crippen molar-refractivity contribution in [1.29, 1.82) is 0 Å². The summed E-state index contributed by atoms with van der Waals surface area (Å²) in [4.78, 5) is 23.3. The molecule has 1 aromatic rings. The molecular weight excluding hydrogens is 282 g/mol. The Kier molecular flexibility index (Phi) is 7.32. The standard InChI is InChI=1S/C17H23NO4/c1-12(2)8-9-15(17(20)21)18-16(19)10-13-6-4-5-7-14(13)11-22-3/h4-8,15H,9-11H2,1-3H3,(H,18,19)(H,20,21). The lowest BCUT2D eigenvalue weighted by molar-refractivity contribution is -0.141. The Morgan fingerprint density at radius 3 is 2.45 bits per heavy atom. The Morgan fingerprint density at radius 2 is 1.91 bits per heavy atom. The zero-order valence-electron chi connectivity index (χ0n) is 13.3. The number of aliphatic carboxylic acids is 1. The first-order valence-corrected chi connectivity index (χ1v) is 7.15. The number of allylic oxidation sites excluding steroid dienone is 1. The van der Waals surface area contributed by atoms with Crippen molar-refractivity contribution in [2.45, 2.75) is 39.3 Å². The average molecular weight is 305 g/mol. The third-order valence-electron chi connectivity index (χ3n) is 3.16. The van der Waals surface area contributed by atoms with Gasteiger partial charge >= 0.3 is 5.97 Å². The van der Waals surface area contributed by atoms with Crippen LogP contribution in [0.5, 0.6) is 0 Å². The summed E-state index contributed by atoms with van der Waals surface area (Å²) < 4.78 is 5.10. The number of carbonyl (C=O) groups excluding carboxylic acids is 1. The van der Waals surface area contributed by atoms with Crippen molar-refractivity contribution in [3.63, 3.8) is 0 Å². The van der Waals surface area contributed by atoms with E-state index in [2.05, 4.69) is 5.32 Å². The lowest BCUT2D eigenvalue weighted by Crippen LogP contribution is -2.41. The minimum Gasteiger partial charge on any atom is -0.480 e. The van der Waals surface area contributed by atoms with Gasteiger partial charge in [0.15, 0.2) is 0 Å². The Morgan fingerprint density at radius 1 is 1.27 bits per heavy atom. The molecule has 0 saturated carbocycles. The van der Waals surface area contributed by atoms with Gasteiger partial charge in [0.2, 0.25) is 5.91 Å². The molecule has 1 rings (SSSR count). The number of benzene rings is 1. The number of amides is 1. The van der Waals surface area contributed by atoms with Gasteiger partial charge in [-0.2, -0.15) is 0 Å². The Labute approximate surface area is 131 Å². The zero-order valence-corrected chi connectivity index (χ0v) is 13.3. The minimum absolute atomic E-state index is 0.137. The van der Waals surface area contributed by atoms with E-state index >= 15 is 0 Å². The zero-order chi connectivity index (χ0) is 16.5. The molecule has 0 saturated heterocycles. The van der Waals surface area contributed by atoms with Gasteiger partial charge in [0.05, 0.1) is 13.0 Å². The van der Waals surface area contributed by atoms with Crippen LogP contribution in [-0.2, 0) is 27.4 Å². The quantitative estimate of drug-likeness (QED) is 0.723. The SMILES string of the molecule is COCc1ccccc1CC(=O)NC(CC=C(C)C)C(=O)O. The number of methoxy groups -OCH3 is 1. The predicted octanol–water partition coefficient (Wildman–Crippen LogP) is 2.30. The largest absolute Gasteiger partial charge is 0.480 e. The molecule has 0 aliphatic carbocycles. The molecule has 1 aromatic carbocycles. The number of hydrogen-bond donors (Lipinski definition) is 2. The van der Waals surface area contributed by atoms with E-state index in [-0.39, 0.29) is 18.7 Å². The van der Waals surface area contributed by atoms with Gasteiger partial charge in [-0.15, -0.1) is 0 Å². The van der Waals surface area contributed by atoms with E-state index in [0.717, 1.165) is 16.7 Å². The summed E-state index contributed by atoms with van der Waals surface area (Å²) in [6, 6.07) is 6.56. The van der Waals surface area contributed by atoms with Crippen molar-refractivity contribution >= 4 is 11.9 Å². The van der Waals surface area contributed by atoms with Gasteiger partial charge in [-0.05, 0) is 31.4 Å². The maximum atomic E-state index is 12.1. The van der Waals surface area contributed by atoms with Gasteiger partial charge < -0.3 is 15.2 Å². The number of hydrogen-bond acceptors (Lipinski definition) is 3. The van der Waals surface area contributed by atoms with Crippen molar-refractivity contribution in [3.8, 4) is 0 Å². The molecule has 0 spiro atoms. The smallest absolute Gasteiger partial charge is 0.326 e. The van der Waals surface area contributed by atoms with E-state index in [9.17, 15) is 14.7 Å².